The Morgan fingerprint density at radius 2 is 2.25 bits per heavy atom. The predicted octanol–water partition coefficient (Wildman–Crippen LogP) is 0.829. The van der Waals surface area contributed by atoms with Gasteiger partial charge in [0.25, 0.3) is 5.91 Å². The molecule has 0 bridgehead atoms. The maximum absolute atomic E-state index is 11.8. The zero-order valence-electron chi connectivity index (χ0n) is 9.37. The van der Waals surface area contributed by atoms with E-state index in [-0.39, 0.29) is 11.3 Å². The van der Waals surface area contributed by atoms with Crippen molar-refractivity contribution in [2.75, 3.05) is 12.4 Å². The summed E-state index contributed by atoms with van der Waals surface area (Å²) in [7, 11) is 0. The molecule has 0 aliphatic carbocycles. The summed E-state index contributed by atoms with van der Waals surface area (Å²) in [5.41, 5.74) is 6.02. The molecule has 2 aliphatic heterocycles. The summed E-state index contributed by atoms with van der Waals surface area (Å²) in [6.45, 7) is 4.74. The van der Waals surface area contributed by atoms with Crippen LogP contribution in [0.3, 0.4) is 0 Å². The number of carbonyl (C=O) groups excluding carboxylic acids is 2. The Balaban J connectivity index is 2.37. The number of allylic oxidation sites excluding steroid dienone is 1. The summed E-state index contributed by atoms with van der Waals surface area (Å²) in [5.74, 6) is 0.359. The van der Waals surface area contributed by atoms with Crippen LogP contribution in [0.25, 0.3) is 0 Å². The number of nitrogens with one attached hydrogen (secondary N) is 1. The van der Waals surface area contributed by atoms with Crippen molar-refractivity contribution in [3.63, 3.8) is 0 Å². The van der Waals surface area contributed by atoms with Crippen LogP contribution in [-0.4, -0.2) is 29.3 Å². The Bertz CT molecular complexity index is 390. The Morgan fingerprint density at radius 3 is 2.88 bits per heavy atom. The minimum Gasteiger partial charge on any atom is -0.351 e. The van der Waals surface area contributed by atoms with Gasteiger partial charge < -0.3 is 11.1 Å². The van der Waals surface area contributed by atoms with E-state index in [9.17, 15) is 9.59 Å². The van der Waals surface area contributed by atoms with Gasteiger partial charge in [-0.2, -0.15) is 0 Å². The van der Waals surface area contributed by atoms with E-state index in [4.69, 9.17) is 5.73 Å². The molecule has 0 fully saturated rings. The third-order valence-corrected chi connectivity index (χ3v) is 3.87. The molecular formula is C10H15N3O2S. The number of nitrogens with two attached hydrogens (primary N) is 1. The molecule has 88 valence electrons. The van der Waals surface area contributed by atoms with Crippen LogP contribution < -0.4 is 11.1 Å². The molecule has 0 aromatic carbocycles. The molecule has 0 aromatic heterocycles. The highest BCUT2D eigenvalue weighted by molar-refractivity contribution is 8.04. The summed E-state index contributed by atoms with van der Waals surface area (Å²) in [6, 6.07) is -0.483. The first-order valence-electron chi connectivity index (χ1n) is 5.12. The van der Waals surface area contributed by atoms with Gasteiger partial charge in [-0.05, 0) is 11.8 Å². The van der Waals surface area contributed by atoms with Crippen LogP contribution in [0.4, 0.5) is 4.79 Å². The van der Waals surface area contributed by atoms with Crippen LogP contribution in [-0.2, 0) is 4.79 Å². The van der Waals surface area contributed by atoms with Crippen molar-refractivity contribution < 1.29 is 9.59 Å². The van der Waals surface area contributed by atoms with Gasteiger partial charge in [0.15, 0.2) is 0 Å². The van der Waals surface area contributed by atoms with Crippen LogP contribution in [0.5, 0.6) is 0 Å². The van der Waals surface area contributed by atoms with Crippen LogP contribution in [0.2, 0.25) is 0 Å². The second-order valence-electron chi connectivity index (χ2n) is 4.84. The number of amides is 3. The minimum absolute atomic E-state index is 0.0503. The van der Waals surface area contributed by atoms with Gasteiger partial charge in [-0.3, -0.25) is 9.69 Å². The largest absolute Gasteiger partial charge is 0.351 e. The number of rotatable bonds is 0. The second-order valence-corrected chi connectivity index (χ2v) is 5.79. The molecule has 0 saturated heterocycles. The van der Waals surface area contributed by atoms with E-state index >= 15 is 0 Å². The molecule has 2 rings (SSSR count). The van der Waals surface area contributed by atoms with Gasteiger partial charge >= 0.3 is 6.03 Å². The minimum atomic E-state index is -0.483. The van der Waals surface area contributed by atoms with Crippen molar-refractivity contribution in [1.29, 1.82) is 0 Å². The van der Waals surface area contributed by atoms with Crippen molar-refractivity contribution in [3.8, 4) is 0 Å². The van der Waals surface area contributed by atoms with Crippen molar-refractivity contribution in [2.45, 2.75) is 20.3 Å². The highest BCUT2D eigenvalue weighted by Gasteiger charge is 2.37. The number of carbonyl (C=O) groups is 2. The maximum atomic E-state index is 11.8. The first kappa shape index (κ1) is 11.3. The molecule has 3 N–H and O–H groups in total. The van der Waals surface area contributed by atoms with Gasteiger partial charge in [-0.1, -0.05) is 25.6 Å². The Kier molecular flexibility index (Phi) is 2.61. The quantitative estimate of drug-likeness (QED) is 0.659. The number of nitrogens with zero attached hydrogens (tertiary/aromatic N) is 1. The van der Waals surface area contributed by atoms with Gasteiger partial charge in [0.2, 0.25) is 0 Å². The molecule has 0 aromatic rings. The Hall–Kier alpha value is -1.17. The zero-order valence-corrected chi connectivity index (χ0v) is 10.2. The van der Waals surface area contributed by atoms with Crippen molar-refractivity contribution in [2.24, 2.45) is 11.1 Å². The number of hydrogen-bond acceptors (Lipinski definition) is 3. The van der Waals surface area contributed by atoms with E-state index in [1.807, 2.05) is 0 Å². The van der Waals surface area contributed by atoms with E-state index in [0.29, 0.717) is 23.7 Å². The molecule has 0 spiro atoms. The Labute approximate surface area is 98.4 Å². The highest BCUT2D eigenvalue weighted by Crippen LogP contribution is 2.40. The molecule has 3 amide bonds. The smallest absolute Gasteiger partial charge is 0.319 e. The summed E-state index contributed by atoms with van der Waals surface area (Å²) in [5, 5.41) is 2.87. The molecule has 2 heterocycles. The van der Waals surface area contributed by atoms with Crippen LogP contribution in [0.1, 0.15) is 20.3 Å². The summed E-state index contributed by atoms with van der Waals surface area (Å²) >= 11 is 1.38. The van der Waals surface area contributed by atoms with E-state index in [0.717, 1.165) is 5.70 Å². The lowest BCUT2D eigenvalue weighted by atomic mass is 9.88. The van der Waals surface area contributed by atoms with Crippen molar-refractivity contribution in [1.82, 2.24) is 10.2 Å². The van der Waals surface area contributed by atoms with Gasteiger partial charge in [0.1, 0.15) is 0 Å². The number of thioether (sulfide) groups is 1. The van der Waals surface area contributed by atoms with E-state index in [1.165, 1.54) is 16.7 Å². The first-order valence-corrected chi connectivity index (χ1v) is 6.10. The molecular weight excluding hydrogens is 226 g/mol. The lowest BCUT2D eigenvalue weighted by molar-refractivity contribution is -0.117. The third kappa shape index (κ3) is 1.89. The molecule has 0 atom stereocenters. The van der Waals surface area contributed by atoms with E-state index < -0.39 is 6.03 Å². The molecule has 0 radical (unpaired) electrons. The lowest BCUT2D eigenvalue weighted by Gasteiger charge is -2.26. The van der Waals surface area contributed by atoms with Crippen molar-refractivity contribution >= 4 is 23.7 Å². The van der Waals surface area contributed by atoms with Gasteiger partial charge in [-0.15, -0.1) is 0 Å². The Morgan fingerprint density at radius 1 is 1.56 bits per heavy atom. The normalized spacial score (nSPS) is 23.9. The molecule has 16 heavy (non-hydrogen) atoms. The predicted molar refractivity (Wildman–Crippen MR) is 62.3 cm³/mol. The SMILES string of the molecule is CC1(C)CNC(=O)C2=C(C1)N(C(N)=O)CS2. The number of primary amides is 1. The summed E-state index contributed by atoms with van der Waals surface area (Å²) < 4.78 is 0. The van der Waals surface area contributed by atoms with Gasteiger partial charge in [0.05, 0.1) is 10.8 Å². The van der Waals surface area contributed by atoms with E-state index in [1.54, 1.807) is 0 Å². The maximum Gasteiger partial charge on any atom is 0.319 e. The number of urea groups is 1. The standard InChI is InChI=1S/C10H15N3O2S/c1-10(2)3-6-7(8(14)12-4-10)16-5-13(6)9(11)15/h3-5H2,1-2H3,(H2,11,15)(H,12,14). The van der Waals surface area contributed by atoms with Gasteiger partial charge in [0, 0.05) is 12.2 Å². The second kappa shape index (κ2) is 3.69. The average molecular weight is 241 g/mol. The number of hydrogen-bond donors (Lipinski definition) is 2. The van der Waals surface area contributed by atoms with Gasteiger partial charge in [-0.25, -0.2) is 4.79 Å². The fourth-order valence-electron chi connectivity index (χ4n) is 1.90. The molecule has 0 unspecified atom stereocenters. The molecule has 0 saturated carbocycles. The third-order valence-electron chi connectivity index (χ3n) is 2.77. The fraction of sp³-hybridized carbons (Fsp3) is 0.600. The molecule has 6 heteroatoms. The van der Waals surface area contributed by atoms with Crippen LogP contribution >= 0.6 is 11.8 Å². The monoisotopic (exact) mass is 241 g/mol. The van der Waals surface area contributed by atoms with Crippen LogP contribution in [0.15, 0.2) is 10.6 Å². The summed E-state index contributed by atoms with van der Waals surface area (Å²) in [6.07, 6.45) is 0.691. The fourth-order valence-corrected chi connectivity index (χ4v) is 2.99. The highest BCUT2D eigenvalue weighted by atomic mass is 32.2. The topological polar surface area (TPSA) is 75.4 Å². The summed E-state index contributed by atoms with van der Waals surface area (Å²) in [4.78, 5) is 25.2. The van der Waals surface area contributed by atoms with Crippen LogP contribution in [0, 0.1) is 5.41 Å². The lowest BCUT2D eigenvalue weighted by Crippen LogP contribution is -2.35. The van der Waals surface area contributed by atoms with Crippen molar-refractivity contribution in [3.05, 3.63) is 10.6 Å². The average Bonchev–Trinajstić information content (AvgIpc) is 2.53. The first-order chi connectivity index (χ1) is 7.41. The zero-order chi connectivity index (χ0) is 11.9. The van der Waals surface area contributed by atoms with E-state index in [2.05, 4.69) is 19.2 Å². The molecule has 5 nitrogen and oxygen atoms in total. The molecule has 2 aliphatic rings.